The number of aromatic nitrogens is 3. The zero-order valence-corrected chi connectivity index (χ0v) is 15.7. The third kappa shape index (κ3) is 4.19. The van der Waals surface area contributed by atoms with Crippen molar-refractivity contribution in [3.05, 3.63) is 82.4 Å². The predicted molar refractivity (Wildman–Crippen MR) is 105 cm³/mol. The van der Waals surface area contributed by atoms with E-state index in [0.29, 0.717) is 11.6 Å². The number of amides is 1. The molecule has 0 radical (unpaired) electrons. The molecule has 1 fully saturated rings. The zero-order valence-electron chi connectivity index (χ0n) is 14.9. The summed E-state index contributed by atoms with van der Waals surface area (Å²) in [6.45, 7) is 1.48. The van der Waals surface area contributed by atoms with Gasteiger partial charge < -0.3 is 4.90 Å². The molecule has 0 atom stereocenters. The Kier molecular flexibility index (Phi) is 5.21. The summed E-state index contributed by atoms with van der Waals surface area (Å²) in [4.78, 5) is 19.2. The van der Waals surface area contributed by atoms with Gasteiger partial charge in [-0.05, 0) is 48.7 Å². The van der Waals surface area contributed by atoms with Crippen LogP contribution in [-0.2, 0) is 6.42 Å². The van der Waals surface area contributed by atoms with Gasteiger partial charge in [-0.1, -0.05) is 29.8 Å². The second kappa shape index (κ2) is 7.92. The van der Waals surface area contributed by atoms with Gasteiger partial charge in [0.1, 0.15) is 5.69 Å². The van der Waals surface area contributed by atoms with Crippen LogP contribution in [0.15, 0.2) is 54.7 Å². The maximum atomic E-state index is 12.4. The van der Waals surface area contributed by atoms with Gasteiger partial charge in [-0.25, -0.2) is 0 Å². The van der Waals surface area contributed by atoms with Crippen molar-refractivity contribution >= 4 is 17.5 Å². The molecule has 0 unspecified atom stereocenters. The predicted octanol–water partition coefficient (Wildman–Crippen LogP) is 4.07. The van der Waals surface area contributed by atoms with Crippen LogP contribution in [0, 0.1) is 0 Å². The van der Waals surface area contributed by atoms with Crippen molar-refractivity contribution in [3.63, 3.8) is 0 Å². The molecule has 0 spiro atoms. The first-order chi connectivity index (χ1) is 13.2. The number of rotatable bonds is 4. The van der Waals surface area contributed by atoms with Gasteiger partial charge in [0, 0.05) is 48.0 Å². The minimum atomic E-state index is 0.0235. The molecule has 1 aliphatic rings. The quantitative estimate of drug-likeness (QED) is 0.742. The Morgan fingerprint density at radius 2 is 1.89 bits per heavy atom. The van der Waals surface area contributed by atoms with Gasteiger partial charge in [0.25, 0.3) is 5.91 Å². The van der Waals surface area contributed by atoms with E-state index in [2.05, 4.69) is 28.4 Å². The summed E-state index contributed by atoms with van der Waals surface area (Å²) >= 11 is 5.96. The summed E-state index contributed by atoms with van der Waals surface area (Å²) in [6, 6.07) is 15.9. The smallest absolute Gasteiger partial charge is 0.271 e. The number of hydrogen-bond donors (Lipinski definition) is 1. The summed E-state index contributed by atoms with van der Waals surface area (Å²) < 4.78 is 0. The van der Waals surface area contributed by atoms with Crippen LogP contribution >= 0.6 is 11.6 Å². The minimum absolute atomic E-state index is 0.0235. The summed E-state index contributed by atoms with van der Waals surface area (Å²) in [6.07, 6.45) is 4.26. The van der Waals surface area contributed by atoms with E-state index >= 15 is 0 Å². The van der Waals surface area contributed by atoms with Crippen LogP contribution in [-0.4, -0.2) is 39.1 Å². The fraction of sp³-hybridized carbons (Fsp3) is 0.286. The van der Waals surface area contributed by atoms with Gasteiger partial charge in [0.2, 0.25) is 0 Å². The number of pyridine rings is 1. The van der Waals surface area contributed by atoms with Crippen LogP contribution < -0.4 is 0 Å². The minimum Gasteiger partial charge on any atom is -0.337 e. The Bertz CT molecular complexity index is 900. The summed E-state index contributed by atoms with van der Waals surface area (Å²) in [5.74, 6) is 0.413. The summed E-state index contributed by atoms with van der Waals surface area (Å²) in [5, 5.41) is 7.36. The number of carbonyl (C=O) groups excluding carboxylic acids is 1. The number of benzene rings is 1. The number of aromatic amines is 1. The standard InChI is InChI=1S/C21H21ClN4O/c22-17-6-4-15(5-7-17)14-18-2-1-3-19(24-18)16-9-12-26(13-10-16)21(27)20-8-11-23-25-20/h1-8,11,16H,9-10,12-14H2,(H,23,25). The van der Waals surface area contributed by atoms with Crippen LogP contribution in [0.25, 0.3) is 0 Å². The van der Waals surface area contributed by atoms with Crippen molar-refractivity contribution in [2.24, 2.45) is 0 Å². The molecule has 0 saturated carbocycles. The zero-order chi connectivity index (χ0) is 18.6. The van der Waals surface area contributed by atoms with Gasteiger partial charge >= 0.3 is 0 Å². The second-order valence-electron chi connectivity index (χ2n) is 6.89. The van der Waals surface area contributed by atoms with E-state index in [1.54, 1.807) is 12.3 Å². The monoisotopic (exact) mass is 380 g/mol. The molecule has 4 rings (SSSR count). The molecule has 1 aromatic carbocycles. The Labute approximate surface area is 163 Å². The lowest BCUT2D eigenvalue weighted by Crippen LogP contribution is -2.38. The molecular formula is C21H21ClN4O. The first-order valence-corrected chi connectivity index (χ1v) is 9.56. The number of likely N-dealkylation sites (tertiary alicyclic amines) is 1. The van der Waals surface area contributed by atoms with E-state index in [9.17, 15) is 4.79 Å². The van der Waals surface area contributed by atoms with Gasteiger partial charge in [-0.3, -0.25) is 14.9 Å². The van der Waals surface area contributed by atoms with Crippen molar-refractivity contribution in [1.82, 2.24) is 20.1 Å². The van der Waals surface area contributed by atoms with Gasteiger partial charge in [0.05, 0.1) is 0 Å². The Balaban J connectivity index is 1.40. The number of halogens is 1. The highest BCUT2D eigenvalue weighted by molar-refractivity contribution is 6.30. The number of piperidine rings is 1. The number of H-pyrrole nitrogens is 1. The average molecular weight is 381 g/mol. The van der Waals surface area contributed by atoms with Crippen LogP contribution in [0.5, 0.6) is 0 Å². The normalized spacial score (nSPS) is 15.1. The maximum absolute atomic E-state index is 12.4. The lowest BCUT2D eigenvalue weighted by atomic mass is 9.92. The van der Waals surface area contributed by atoms with Crippen molar-refractivity contribution < 1.29 is 4.79 Å². The molecule has 1 aliphatic heterocycles. The lowest BCUT2D eigenvalue weighted by molar-refractivity contribution is 0.0706. The molecule has 1 saturated heterocycles. The van der Waals surface area contributed by atoms with Crippen molar-refractivity contribution in [2.45, 2.75) is 25.2 Å². The third-order valence-electron chi connectivity index (χ3n) is 5.06. The maximum Gasteiger partial charge on any atom is 0.271 e. The first-order valence-electron chi connectivity index (χ1n) is 9.18. The molecule has 0 bridgehead atoms. The molecule has 1 N–H and O–H groups in total. The van der Waals surface area contributed by atoms with E-state index in [1.165, 1.54) is 5.56 Å². The molecule has 1 amide bonds. The van der Waals surface area contributed by atoms with E-state index in [4.69, 9.17) is 16.6 Å². The number of nitrogens with one attached hydrogen (secondary N) is 1. The SMILES string of the molecule is O=C(c1ccn[nH]1)N1CCC(c2cccc(Cc3ccc(Cl)cc3)n2)CC1. The average Bonchev–Trinajstić information content (AvgIpc) is 3.24. The van der Waals surface area contributed by atoms with Crippen molar-refractivity contribution in [3.8, 4) is 0 Å². The number of nitrogens with zero attached hydrogens (tertiary/aromatic N) is 3. The summed E-state index contributed by atoms with van der Waals surface area (Å²) in [7, 11) is 0. The first kappa shape index (κ1) is 17.7. The number of carbonyl (C=O) groups is 1. The molecule has 3 aromatic rings. The molecule has 2 aromatic heterocycles. The van der Waals surface area contributed by atoms with Crippen LogP contribution in [0.1, 0.15) is 46.2 Å². The Hall–Kier alpha value is -2.66. The molecule has 5 nitrogen and oxygen atoms in total. The summed E-state index contributed by atoms with van der Waals surface area (Å²) in [5.41, 5.74) is 3.93. The van der Waals surface area contributed by atoms with Gasteiger partial charge in [-0.2, -0.15) is 5.10 Å². The van der Waals surface area contributed by atoms with Crippen LogP contribution in [0.4, 0.5) is 0 Å². The van der Waals surface area contributed by atoms with Crippen LogP contribution in [0.3, 0.4) is 0 Å². The fourth-order valence-corrected chi connectivity index (χ4v) is 3.69. The topological polar surface area (TPSA) is 61.9 Å². The highest BCUT2D eigenvalue weighted by atomic mass is 35.5. The van der Waals surface area contributed by atoms with Gasteiger partial charge in [-0.15, -0.1) is 0 Å². The van der Waals surface area contributed by atoms with E-state index in [0.717, 1.165) is 48.8 Å². The molecule has 6 heteroatoms. The largest absolute Gasteiger partial charge is 0.337 e. The van der Waals surface area contributed by atoms with Crippen molar-refractivity contribution in [2.75, 3.05) is 13.1 Å². The van der Waals surface area contributed by atoms with E-state index in [1.807, 2.05) is 29.2 Å². The number of hydrogen-bond acceptors (Lipinski definition) is 3. The fourth-order valence-electron chi connectivity index (χ4n) is 3.56. The van der Waals surface area contributed by atoms with Crippen LogP contribution in [0.2, 0.25) is 5.02 Å². The molecular weight excluding hydrogens is 360 g/mol. The van der Waals surface area contributed by atoms with E-state index < -0.39 is 0 Å². The molecule has 27 heavy (non-hydrogen) atoms. The Morgan fingerprint density at radius 1 is 1.11 bits per heavy atom. The molecule has 138 valence electrons. The highest BCUT2D eigenvalue weighted by Gasteiger charge is 2.25. The van der Waals surface area contributed by atoms with E-state index in [-0.39, 0.29) is 5.91 Å². The Morgan fingerprint density at radius 3 is 2.59 bits per heavy atom. The molecule has 0 aliphatic carbocycles. The lowest BCUT2D eigenvalue weighted by Gasteiger charge is -2.31. The highest BCUT2D eigenvalue weighted by Crippen LogP contribution is 2.27. The molecule has 3 heterocycles. The van der Waals surface area contributed by atoms with Gasteiger partial charge in [0.15, 0.2) is 0 Å². The third-order valence-corrected chi connectivity index (χ3v) is 5.31. The second-order valence-corrected chi connectivity index (χ2v) is 7.33. The van der Waals surface area contributed by atoms with Crippen molar-refractivity contribution in [1.29, 1.82) is 0 Å².